The molecule has 2 aliphatic heterocycles. The van der Waals surface area contributed by atoms with Gasteiger partial charge in [0.25, 0.3) is 0 Å². The van der Waals surface area contributed by atoms with Gasteiger partial charge in [0.15, 0.2) is 0 Å². The lowest BCUT2D eigenvalue weighted by Gasteiger charge is -2.28. The molecule has 88 valence electrons. The highest BCUT2D eigenvalue weighted by atomic mass is 15.3. The molecule has 1 atom stereocenters. The molecule has 0 aliphatic carbocycles. The molecule has 0 saturated heterocycles. The molecule has 4 heteroatoms. The quantitative estimate of drug-likeness (QED) is 0.738. The summed E-state index contributed by atoms with van der Waals surface area (Å²) in [5, 5.41) is 3.39. The Kier molecular flexibility index (Phi) is 1.79. The summed E-state index contributed by atoms with van der Waals surface area (Å²) in [6, 6.07) is 12.1. The van der Waals surface area contributed by atoms with E-state index in [1.54, 1.807) is 6.20 Å². The predicted octanol–water partition coefficient (Wildman–Crippen LogP) is 2.50. The number of rotatable bonds is 0. The minimum Gasteiger partial charge on any atom is -0.340 e. The molecule has 18 heavy (non-hydrogen) atoms. The van der Waals surface area contributed by atoms with Crippen LogP contribution in [-0.4, -0.2) is 4.98 Å². The largest absolute Gasteiger partial charge is 0.340 e. The highest BCUT2D eigenvalue weighted by Gasteiger charge is 2.32. The monoisotopic (exact) mass is 236 g/mol. The van der Waals surface area contributed by atoms with Crippen molar-refractivity contribution in [1.82, 2.24) is 4.98 Å². The highest BCUT2D eigenvalue weighted by Crippen LogP contribution is 2.46. The molecular weight excluding hydrogens is 224 g/mol. The zero-order valence-electron chi connectivity index (χ0n) is 9.67. The second kappa shape index (κ2) is 3.34. The van der Waals surface area contributed by atoms with E-state index in [1.807, 2.05) is 24.3 Å². The van der Waals surface area contributed by atoms with Crippen LogP contribution >= 0.6 is 0 Å². The molecule has 0 bridgehead atoms. The summed E-state index contributed by atoms with van der Waals surface area (Å²) in [6.45, 7) is 0. The van der Waals surface area contributed by atoms with Gasteiger partial charge >= 0.3 is 0 Å². The maximum absolute atomic E-state index is 6.13. The van der Waals surface area contributed by atoms with E-state index in [0.29, 0.717) is 0 Å². The van der Waals surface area contributed by atoms with E-state index in [-0.39, 0.29) is 6.04 Å². The summed E-state index contributed by atoms with van der Waals surface area (Å²) < 4.78 is 0. The van der Waals surface area contributed by atoms with Crippen LogP contribution in [-0.2, 0) is 0 Å². The SMILES string of the molecule is NC1C=C2Nc3ccccc3N2c2cccnc21. The third-order valence-corrected chi connectivity index (χ3v) is 3.36. The van der Waals surface area contributed by atoms with Crippen LogP contribution in [0.3, 0.4) is 0 Å². The van der Waals surface area contributed by atoms with E-state index in [9.17, 15) is 0 Å². The molecule has 0 fully saturated rings. The lowest BCUT2D eigenvalue weighted by Crippen LogP contribution is -2.26. The molecule has 1 aromatic carbocycles. The van der Waals surface area contributed by atoms with Gasteiger partial charge in [-0.3, -0.25) is 9.88 Å². The van der Waals surface area contributed by atoms with Crippen molar-refractivity contribution in [3.05, 3.63) is 60.2 Å². The fourth-order valence-corrected chi connectivity index (χ4v) is 2.58. The first-order chi connectivity index (χ1) is 8.84. The van der Waals surface area contributed by atoms with Crippen LogP contribution in [0, 0.1) is 0 Å². The molecular formula is C14H12N4. The van der Waals surface area contributed by atoms with Gasteiger partial charge in [-0.2, -0.15) is 0 Å². The van der Waals surface area contributed by atoms with Crippen LogP contribution in [0.15, 0.2) is 54.5 Å². The fourth-order valence-electron chi connectivity index (χ4n) is 2.58. The predicted molar refractivity (Wildman–Crippen MR) is 71.5 cm³/mol. The van der Waals surface area contributed by atoms with Gasteiger partial charge in [-0.25, -0.2) is 0 Å². The van der Waals surface area contributed by atoms with Crippen molar-refractivity contribution in [2.75, 3.05) is 10.2 Å². The maximum atomic E-state index is 6.13. The van der Waals surface area contributed by atoms with E-state index < -0.39 is 0 Å². The molecule has 1 aromatic heterocycles. The second-order valence-electron chi connectivity index (χ2n) is 4.46. The lowest BCUT2D eigenvalue weighted by atomic mass is 10.1. The van der Waals surface area contributed by atoms with Crippen molar-refractivity contribution in [2.24, 2.45) is 5.73 Å². The number of benzene rings is 1. The van der Waals surface area contributed by atoms with Crippen LogP contribution < -0.4 is 16.0 Å². The number of nitrogens with zero attached hydrogens (tertiary/aromatic N) is 2. The number of aromatic nitrogens is 1. The van der Waals surface area contributed by atoms with Crippen molar-refractivity contribution >= 4 is 17.1 Å². The Labute approximate surface area is 105 Å². The number of para-hydroxylation sites is 2. The van der Waals surface area contributed by atoms with Crippen molar-refractivity contribution in [1.29, 1.82) is 0 Å². The first-order valence-electron chi connectivity index (χ1n) is 5.93. The van der Waals surface area contributed by atoms with E-state index in [0.717, 1.165) is 28.6 Å². The minimum atomic E-state index is -0.158. The standard InChI is InChI=1S/C14H12N4/c15-9-8-13-17-10-4-1-2-5-11(10)18(13)12-6-3-7-16-14(9)12/h1-9,17H,15H2. The van der Waals surface area contributed by atoms with Crippen LogP contribution in [0.4, 0.5) is 17.1 Å². The van der Waals surface area contributed by atoms with Crippen LogP contribution in [0.5, 0.6) is 0 Å². The summed E-state index contributed by atoms with van der Waals surface area (Å²) in [5.41, 5.74) is 10.4. The fraction of sp³-hybridized carbons (Fsp3) is 0.0714. The van der Waals surface area contributed by atoms with Gasteiger partial charge in [0.2, 0.25) is 0 Å². The smallest absolute Gasteiger partial charge is 0.113 e. The van der Waals surface area contributed by atoms with Gasteiger partial charge in [-0.05, 0) is 30.3 Å². The molecule has 4 rings (SSSR count). The number of anilines is 3. The molecule has 3 N–H and O–H groups in total. The molecule has 0 saturated carbocycles. The molecule has 2 aliphatic rings. The average molecular weight is 236 g/mol. The molecule has 3 heterocycles. The van der Waals surface area contributed by atoms with E-state index in [2.05, 4.69) is 33.4 Å². The number of nitrogens with one attached hydrogen (secondary N) is 1. The zero-order valence-corrected chi connectivity index (χ0v) is 9.67. The number of fused-ring (bicyclic) bond motifs is 5. The van der Waals surface area contributed by atoms with E-state index in [1.165, 1.54) is 0 Å². The average Bonchev–Trinajstić information content (AvgIpc) is 2.77. The molecule has 4 nitrogen and oxygen atoms in total. The molecule has 0 spiro atoms. The Morgan fingerprint density at radius 1 is 1.11 bits per heavy atom. The topological polar surface area (TPSA) is 54.2 Å². The molecule has 1 unspecified atom stereocenters. The first kappa shape index (κ1) is 9.67. The Morgan fingerprint density at radius 2 is 1.94 bits per heavy atom. The maximum Gasteiger partial charge on any atom is 0.113 e. The summed E-state index contributed by atoms with van der Waals surface area (Å²) in [7, 11) is 0. The Bertz CT molecular complexity index is 662. The normalized spacial score (nSPS) is 19.5. The molecule has 0 radical (unpaired) electrons. The van der Waals surface area contributed by atoms with Crippen molar-refractivity contribution < 1.29 is 0 Å². The van der Waals surface area contributed by atoms with E-state index in [4.69, 9.17) is 5.73 Å². The third-order valence-electron chi connectivity index (χ3n) is 3.36. The minimum absolute atomic E-state index is 0.158. The zero-order chi connectivity index (χ0) is 12.1. The summed E-state index contributed by atoms with van der Waals surface area (Å²) in [6.07, 6.45) is 3.79. The third kappa shape index (κ3) is 1.15. The van der Waals surface area contributed by atoms with Gasteiger partial charge < -0.3 is 11.1 Å². The first-order valence-corrected chi connectivity index (χ1v) is 5.93. The van der Waals surface area contributed by atoms with E-state index >= 15 is 0 Å². The van der Waals surface area contributed by atoms with Crippen LogP contribution in [0.1, 0.15) is 11.7 Å². The van der Waals surface area contributed by atoms with Crippen molar-refractivity contribution in [3.63, 3.8) is 0 Å². The van der Waals surface area contributed by atoms with Gasteiger partial charge in [0.1, 0.15) is 5.82 Å². The van der Waals surface area contributed by atoms with Gasteiger partial charge in [0.05, 0.1) is 28.8 Å². The van der Waals surface area contributed by atoms with Gasteiger partial charge in [0, 0.05) is 6.20 Å². The second-order valence-corrected chi connectivity index (χ2v) is 4.46. The number of hydrogen-bond donors (Lipinski definition) is 2. The number of nitrogens with two attached hydrogens (primary N) is 1. The Hall–Kier alpha value is -2.33. The Morgan fingerprint density at radius 3 is 2.89 bits per heavy atom. The number of pyridine rings is 1. The highest BCUT2D eigenvalue weighted by molar-refractivity contribution is 5.89. The van der Waals surface area contributed by atoms with Crippen LogP contribution in [0.25, 0.3) is 0 Å². The summed E-state index contributed by atoms with van der Waals surface area (Å²) in [4.78, 5) is 6.56. The van der Waals surface area contributed by atoms with Crippen molar-refractivity contribution in [2.45, 2.75) is 6.04 Å². The Balaban J connectivity index is 1.98. The van der Waals surface area contributed by atoms with Gasteiger partial charge in [-0.15, -0.1) is 0 Å². The van der Waals surface area contributed by atoms with Crippen molar-refractivity contribution in [3.8, 4) is 0 Å². The van der Waals surface area contributed by atoms with Crippen LogP contribution in [0.2, 0.25) is 0 Å². The summed E-state index contributed by atoms with van der Waals surface area (Å²) >= 11 is 0. The summed E-state index contributed by atoms with van der Waals surface area (Å²) in [5.74, 6) is 1.02. The molecule has 2 aromatic rings. The molecule has 0 amide bonds. The van der Waals surface area contributed by atoms with Gasteiger partial charge in [-0.1, -0.05) is 12.1 Å². The lowest BCUT2D eigenvalue weighted by molar-refractivity contribution is 0.827. The number of hydrogen-bond acceptors (Lipinski definition) is 4.